The quantitative estimate of drug-likeness (QED) is 0.352. The fraction of sp³-hybridized carbons (Fsp3) is 0.280. The van der Waals surface area contributed by atoms with Crippen LogP contribution in [0.4, 0.5) is 0 Å². The molecule has 176 valence electrons. The van der Waals surface area contributed by atoms with Crippen LogP contribution in [0.25, 0.3) is 10.9 Å². The highest BCUT2D eigenvalue weighted by Crippen LogP contribution is 2.38. The van der Waals surface area contributed by atoms with E-state index in [1.54, 1.807) is 0 Å². The molecule has 0 saturated carbocycles. The van der Waals surface area contributed by atoms with Gasteiger partial charge in [0.1, 0.15) is 10.9 Å². The van der Waals surface area contributed by atoms with Crippen molar-refractivity contribution in [3.8, 4) is 5.75 Å². The molecule has 0 fully saturated rings. The van der Waals surface area contributed by atoms with E-state index in [0.717, 1.165) is 21.1 Å². The van der Waals surface area contributed by atoms with Crippen LogP contribution in [0.2, 0.25) is 5.15 Å². The second kappa shape index (κ2) is 10.5. The van der Waals surface area contributed by atoms with Crippen LogP contribution in [0.15, 0.2) is 58.1 Å². The first kappa shape index (κ1) is 24.2. The molecule has 2 aromatic carbocycles. The van der Waals surface area contributed by atoms with E-state index in [1.165, 1.54) is 5.01 Å². The molecule has 4 rings (SSSR count). The van der Waals surface area contributed by atoms with Gasteiger partial charge < -0.3 is 9.84 Å². The van der Waals surface area contributed by atoms with Crippen LogP contribution in [0.1, 0.15) is 49.8 Å². The number of aliphatic carboxylic acids is 1. The van der Waals surface area contributed by atoms with Crippen LogP contribution >= 0.6 is 27.5 Å². The van der Waals surface area contributed by atoms with Gasteiger partial charge in [-0.3, -0.25) is 9.59 Å². The standard InChI is InChI=1S/C25H23BrClN3O4/c1-2-34-18-11-8-16-12-19(25(27)28-20(16)13-18)22-14-21(15-6-9-17(26)10-7-15)29-30(22)23(31)4-3-5-24(32)33/h6-13,22H,2-5,14H2,1H3,(H,32,33). The molecular formula is C25H23BrClN3O4. The van der Waals surface area contributed by atoms with Gasteiger partial charge >= 0.3 is 5.97 Å². The third kappa shape index (κ3) is 5.39. The van der Waals surface area contributed by atoms with Crippen LogP contribution in [-0.4, -0.2) is 39.3 Å². The van der Waals surface area contributed by atoms with Crippen molar-refractivity contribution >= 4 is 56.0 Å². The Morgan fingerprint density at radius 3 is 2.65 bits per heavy atom. The summed E-state index contributed by atoms with van der Waals surface area (Å²) in [6.45, 7) is 2.47. The summed E-state index contributed by atoms with van der Waals surface area (Å²) >= 11 is 10.1. The maximum atomic E-state index is 13.1. The predicted octanol–water partition coefficient (Wildman–Crippen LogP) is 5.98. The van der Waals surface area contributed by atoms with E-state index in [1.807, 2.05) is 55.5 Å². The minimum Gasteiger partial charge on any atom is -0.494 e. The van der Waals surface area contributed by atoms with Crippen LogP contribution in [0.5, 0.6) is 5.75 Å². The summed E-state index contributed by atoms with van der Waals surface area (Å²) in [6.07, 6.45) is 0.713. The monoisotopic (exact) mass is 543 g/mol. The summed E-state index contributed by atoms with van der Waals surface area (Å²) in [5, 5.41) is 16.2. The van der Waals surface area contributed by atoms with E-state index < -0.39 is 12.0 Å². The molecule has 0 aliphatic carbocycles. The molecule has 1 aliphatic rings. The van der Waals surface area contributed by atoms with Crippen LogP contribution in [0.3, 0.4) is 0 Å². The molecule has 0 spiro atoms. The molecular weight excluding hydrogens is 522 g/mol. The zero-order chi connectivity index (χ0) is 24.2. The minimum atomic E-state index is -0.932. The van der Waals surface area contributed by atoms with E-state index in [9.17, 15) is 9.59 Å². The minimum absolute atomic E-state index is 0.0754. The van der Waals surface area contributed by atoms with Crippen molar-refractivity contribution < 1.29 is 19.4 Å². The van der Waals surface area contributed by atoms with E-state index in [2.05, 4.69) is 26.0 Å². The third-order valence-electron chi connectivity index (χ3n) is 5.56. The molecule has 2 heterocycles. The number of rotatable bonds is 8. The van der Waals surface area contributed by atoms with Gasteiger partial charge in [-0.2, -0.15) is 5.10 Å². The normalized spacial score (nSPS) is 15.4. The molecule has 0 radical (unpaired) electrons. The Labute approximate surface area is 210 Å². The van der Waals surface area contributed by atoms with Crippen molar-refractivity contribution in [1.82, 2.24) is 9.99 Å². The summed E-state index contributed by atoms with van der Waals surface area (Å²) in [4.78, 5) is 28.5. The summed E-state index contributed by atoms with van der Waals surface area (Å²) in [6, 6.07) is 14.8. The smallest absolute Gasteiger partial charge is 0.303 e. The molecule has 1 amide bonds. The van der Waals surface area contributed by atoms with Crippen LogP contribution in [0, 0.1) is 0 Å². The first-order valence-corrected chi connectivity index (χ1v) is 12.1. The van der Waals surface area contributed by atoms with Crippen LogP contribution < -0.4 is 4.74 Å². The van der Waals surface area contributed by atoms with Gasteiger partial charge in [0, 0.05) is 40.8 Å². The van der Waals surface area contributed by atoms with E-state index in [0.29, 0.717) is 35.0 Å². The highest BCUT2D eigenvalue weighted by atomic mass is 79.9. The van der Waals surface area contributed by atoms with Crippen molar-refractivity contribution in [3.63, 3.8) is 0 Å². The number of hydrazone groups is 1. The summed E-state index contributed by atoms with van der Waals surface area (Å²) < 4.78 is 6.50. The highest BCUT2D eigenvalue weighted by molar-refractivity contribution is 9.10. The lowest BCUT2D eigenvalue weighted by atomic mass is 9.98. The Morgan fingerprint density at radius 2 is 1.94 bits per heavy atom. The molecule has 3 aromatic rings. The fourth-order valence-corrected chi connectivity index (χ4v) is 4.47. The number of carbonyl (C=O) groups is 2. The van der Waals surface area contributed by atoms with E-state index in [-0.39, 0.29) is 25.2 Å². The van der Waals surface area contributed by atoms with Gasteiger partial charge in [0.25, 0.3) is 0 Å². The summed E-state index contributed by atoms with van der Waals surface area (Å²) in [7, 11) is 0. The lowest BCUT2D eigenvalue weighted by Crippen LogP contribution is -2.27. The largest absolute Gasteiger partial charge is 0.494 e. The number of fused-ring (bicyclic) bond motifs is 1. The van der Waals surface area contributed by atoms with Gasteiger partial charge in [0.05, 0.1) is 23.9 Å². The second-order valence-corrected chi connectivity index (χ2v) is 9.19. The second-order valence-electron chi connectivity index (χ2n) is 7.92. The molecule has 1 aromatic heterocycles. The number of nitrogens with zero attached hydrogens (tertiary/aromatic N) is 3. The van der Waals surface area contributed by atoms with Crippen molar-refractivity contribution in [1.29, 1.82) is 0 Å². The Bertz CT molecular complexity index is 1260. The average molecular weight is 545 g/mol. The van der Waals surface area contributed by atoms with Crippen molar-refractivity contribution in [3.05, 3.63) is 69.3 Å². The first-order chi connectivity index (χ1) is 16.4. The number of halogens is 2. The molecule has 9 heteroatoms. The first-order valence-electron chi connectivity index (χ1n) is 11.0. The lowest BCUT2D eigenvalue weighted by Gasteiger charge is -2.23. The van der Waals surface area contributed by atoms with Gasteiger partial charge in [-0.25, -0.2) is 9.99 Å². The number of carbonyl (C=O) groups excluding carboxylic acids is 1. The van der Waals surface area contributed by atoms with Gasteiger partial charge in [-0.15, -0.1) is 0 Å². The number of hydrogen-bond acceptors (Lipinski definition) is 5. The highest BCUT2D eigenvalue weighted by Gasteiger charge is 2.34. The zero-order valence-corrected chi connectivity index (χ0v) is 20.8. The number of pyridine rings is 1. The number of benzene rings is 2. The van der Waals surface area contributed by atoms with E-state index in [4.69, 9.17) is 21.4 Å². The molecule has 0 saturated heterocycles. The Hall–Kier alpha value is -2.97. The predicted molar refractivity (Wildman–Crippen MR) is 134 cm³/mol. The van der Waals surface area contributed by atoms with Gasteiger partial charge in [0.15, 0.2) is 0 Å². The average Bonchev–Trinajstić information content (AvgIpc) is 3.24. The zero-order valence-electron chi connectivity index (χ0n) is 18.5. The summed E-state index contributed by atoms with van der Waals surface area (Å²) in [5.74, 6) is -0.470. The number of aromatic nitrogens is 1. The van der Waals surface area contributed by atoms with Crippen molar-refractivity contribution in [2.75, 3.05) is 6.61 Å². The van der Waals surface area contributed by atoms with Gasteiger partial charge in [-0.1, -0.05) is 39.7 Å². The Balaban J connectivity index is 1.68. The molecule has 1 unspecified atom stereocenters. The number of amides is 1. The summed E-state index contributed by atoms with van der Waals surface area (Å²) in [5.41, 5.74) is 3.05. The lowest BCUT2D eigenvalue weighted by molar-refractivity contribution is -0.137. The maximum Gasteiger partial charge on any atom is 0.303 e. The Kier molecular flexibility index (Phi) is 7.48. The molecule has 1 N–H and O–H groups in total. The number of carboxylic acids is 1. The number of ether oxygens (including phenoxy) is 1. The Morgan fingerprint density at radius 1 is 1.18 bits per heavy atom. The third-order valence-corrected chi connectivity index (χ3v) is 6.40. The molecule has 34 heavy (non-hydrogen) atoms. The van der Waals surface area contributed by atoms with Gasteiger partial charge in [-0.05, 0) is 49.2 Å². The van der Waals surface area contributed by atoms with Crippen molar-refractivity contribution in [2.45, 2.75) is 38.6 Å². The maximum absolute atomic E-state index is 13.1. The van der Waals surface area contributed by atoms with Gasteiger partial charge in [0.2, 0.25) is 5.91 Å². The van der Waals surface area contributed by atoms with Crippen LogP contribution in [-0.2, 0) is 9.59 Å². The molecule has 1 aliphatic heterocycles. The molecule has 1 atom stereocenters. The topological polar surface area (TPSA) is 92.1 Å². The van der Waals surface area contributed by atoms with E-state index >= 15 is 0 Å². The SMILES string of the molecule is CCOc1ccc2cc(C3CC(c4ccc(Br)cc4)=NN3C(=O)CCCC(=O)O)c(Cl)nc2c1. The number of hydrogen-bond donors (Lipinski definition) is 1. The molecule has 7 nitrogen and oxygen atoms in total. The fourth-order valence-electron chi connectivity index (χ4n) is 3.93. The number of carboxylic acid groups (broad SMARTS) is 1. The van der Waals surface area contributed by atoms with Crippen molar-refractivity contribution in [2.24, 2.45) is 5.10 Å². The molecule has 0 bridgehead atoms.